The first-order valence-electron chi connectivity index (χ1n) is 6.24. The molecule has 0 aliphatic heterocycles. The van der Waals surface area contributed by atoms with Gasteiger partial charge in [-0.3, -0.25) is 4.57 Å². The summed E-state index contributed by atoms with van der Waals surface area (Å²) in [5, 5.41) is 0. The molecular weight excluding hydrogens is 230 g/mol. The second-order valence-corrected chi connectivity index (χ2v) is 5.49. The van der Waals surface area contributed by atoms with Crippen molar-refractivity contribution in [3.05, 3.63) is 22.6 Å². The Morgan fingerprint density at radius 1 is 1.47 bits per heavy atom. The predicted octanol–water partition coefficient (Wildman–Crippen LogP) is 3.76. The summed E-state index contributed by atoms with van der Waals surface area (Å²) in [6.45, 7) is 4.41. The molecule has 0 bridgehead atoms. The Morgan fingerprint density at radius 2 is 2.29 bits per heavy atom. The highest BCUT2D eigenvalue weighted by atomic mass is 32.1. The second kappa shape index (κ2) is 3.95. The van der Waals surface area contributed by atoms with Crippen molar-refractivity contribution in [2.75, 3.05) is 0 Å². The highest BCUT2D eigenvalue weighted by Crippen LogP contribution is 2.37. The van der Waals surface area contributed by atoms with Gasteiger partial charge < -0.3 is 4.98 Å². The molecule has 17 heavy (non-hydrogen) atoms. The molecule has 2 unspecified atom stereocenters. The van der Waals surface area contributed by atoms with Gasteiger partial charge in [-0.25, -0.2) is 4.98 Å². The number of pyridine rings is 1. The van der Waals surface area contributed by atoms with Crippen molar-refractivity contribution in [1.82, 2.24) is 14.5 Å². The topological polar surface area (TPSA) is 33.6 Å². The molecule has 1 fully saturated rings. The molecular formula is C13H17N3S. The van der Waals surface area contributed by atoms with Gasteiger partial charge in [0.25, 0.3) is 0 Å². The molecule has 3 nitrogen and oxygen atoms in total. The number of rotatable bonds is 1. The molecule has 90 valence electrons. The van der Waals surface area contributed by atoms with Crippen LogP contribution in [0.1, 0.15) is 37.8 Å². The molecule has 0 saturated heterocycles. The van der Waals surface area contributed by atoms with Crippen LogP contribution in [0.25, 0.3) is 11.2 Å². The van der Waals surface area contributed by atoms with Crippen LogP contribution in [-0.4, -0.2) is 14.5 Å². The monoisotopic (exact) mass is 247 g/mol. The zero-order valence-corrected chi connectivity index (χ0v) is 11.0. The normalized spacial score (nSPS) is 24.6. The van der Waals surface area contributed by atoms with Gasteiger partial charge in [-0.2, -0.15) is 0 Å². The van der Waals surface area contributed by atoms with Crippen LogP contribution >= 0.6 is 12.2 Å². The first-order chi connectivity index (χ1) is 8.18. The Hall–Kier alpha value is -1.16. The van der Waals surface area contributed by atoms with Crippen LogP contribution in [0, 0.1) is 17.6 Å². The van der Waals surface area contributed by atoms with E-state index < -0.39 is 0 Å². The maximum atomic E-state index is 5.47. The van der Waals surface area contributed by atoms with Gasteiger partial charge in [0.05, 0.1) is 5.52 Å². The van der Waals surface area contributed by atoms with Gasteiger partial charge in [0.15, 0.2) is 10.4 Å². The van der Waals surface area contributed by atoms with Crippen molar-refractivity contribution in [3.8, 4) is 0 Å². The molecule has 3 rings (SSSR count). The number of hydrogen-bond acceptors (Lipinski definition) is 2. The van der Waals surface area contributed by atoms with Gasteiger partial charge in [-0.15, -0.1) is 0 Å². The first-order valence-corrected chi connectivity index (χ1v) is 6.65. The lowest BCUT2D eigenvalue weighted by atomic mass is 10.1. The van der Waals surface area contributed by atoms with Gasteiger partial charge in [0.2, 0.25) is 0 Å². The molecule has 1 saturated carbocycles. The number of imidazole rings is 1. The summed E-state index contributed by atoms with van der Waals surface area (Å²) in [6.07, 6.45) is 5.69. The Kier molecular flexibility index (Phi) is 2.54. The molecule has 2 aromatic rings. The van der Waals surface area contributed by atoms with E-state index >= 15 is 0 Å². The molecule has 0 amide bonds. The average Bonchev–Trinajstić information content (AvgIpc) is 2.83. The number of H-pyrrole nitrogens is 1. The van der Waals surface area contributed by atoms with Crippen LogP contribution in [0.2, 0.25) is 0 Å². The van der Waals surface area contributed by atoms with Crippen molar-refractivity contribution >= 4 is 23.4 Å². The zero-order chi connectivity index (χ0) is 12.0. The number of aryl methyl sites for hydroxylation is 1. The summed E-state index contributed by atoms with van der Waals surface area (Å²) in [5.74, 6) is 0.697. The second-order valence-electron chi connectivity index (χ2n) is 5.10. The summed E-state index contributed by atoms with van der Waals surface area (Å²) < 4.78 is 3.05. The summed E-state index contributed by atoms with van der Waals surface area (Å²) in [4.78, 5) is 7.81. The van der Waals surface area contributed by atoms with Crippen LogP contribution in [0.4, 0.5) is 0 Å². The van der Waals surface area contributed by atoms with Gasteiger partial charge in [0, 0.05) is 12.2 Å². The summed E-state index contributed by atoms with van der Waals surface area (Å²) >= 11 is 5.47. The number of aromatic amines is 1. The quantitative estimate of drug-likeness (QED) is 0.778. The molecule has 0 spiro atoms. The maximum absolute atomic E-state index is 5.47. The highest BCUT2D eigenvalue weighted by Gasteiger charge is 2.27. The standard InChI is InChI=1S/C13H17N3S/c1-8-4-3-5-10(8)16-12-11(15-13(16)17)9(2)6-7-14-12/h6-8,10H,3-5H2,1-2H3,(H,15,17). The third-order valence-corrected chi connectivity index (χ3v) is 4.26. The summed E-state index contributed by atoms with van der Waals surface area (Å²) in [7, 11) is 0. The summed E-state index contributed by atoms with van der Waals surface area (Å²) in [5.41, 5.74) is 3.33. The van der Waals surface area contributed by atoms with Gasteiger partial charge in [-0.05, 0) is 49.5 Å². The molecule has 4 heteroatoms. The Bertz CT molecular complexity index is 611. The van der Waals surface area contributed by atoms with E-state index in [0.29, 0.717) is 12.0 Å². The van der Waals surface area contributed by atoms with Crippen molar-refractivity contribution in [3.63, 3.8) is 0 Å². The minimum atomic E-state index is 0.519. The first kappa shape index (κ1) is 11.0. The van der Waals surface area contributed by atoms with Crippen molar-refractivity contribution in [1.29, 1.82) is 0 Å². The lowest BCUT2D eigenvalue weighted by Crippen LogP contribution is -2.12. The number of nitrogens with zero attached hydrogens (tertiary/aromatic N) is 2. The van der Waals surface area contributed by atoms with Gasteiger partial charge >= 0.3 is 0 Å². The largest absolute Gasteiger partial charge is 0.329 e. The number of aromatic nitrogens is 3. The molecule has 2 atom stereocenters. The highest BCUT2D eigenvalue weighted by molar-refractivity contribution is 7.71. The number of nitrogens with one attached hydrogen (secondary N) is 1. The fourth-order valence-electron chi connectivity index (χ4n) is 2.96. The maximum Gasteiger partial charge on any atom is 0.179 e. The molecule has 1 aliphatic rings. The van der Waals surface area contributed by atoms with Crippen molar-refractivity contribution in [2.45, 2.75) is 39.2 Å². The van der Waals surface area contributed by atoms with Crippen LogP contribution in [0.3, 0.4) is 0 Å². The number of hydrogen-bond donors (Lipinski definition) is 1. The molecule has 1 aliphatic carbocycles. The smallest absolute Gasteiger partial charge is 0.179 e. The van der Waals surface area contributed by atoms with E-state index in [1.54, 1.807) is 0 Å². The molecule has 2 heterocycles. The van der Waals surface area contributed by atoms with Crippen LogP contribution in [0.5, 0.6) is 0 Å². The van der Waals surface area contributed by atoms with Gasteiger partial charge in [0.1, 0.15) is 0 Å². The van der Waals surface area contributed by atoms with Crippen LogP contribution < -0.4 is 0 Å². The Balaban J connectivity index is 2.25. The van der Waals surface area contributed by atoms with Crippen molar-refractivity contribution in [2.24, 2.45) is 5.92 Å². The molecule has 0 radical (unpaired) electrons. The fourth-order valence-corrected chi connectivity index (χ4v) is 3.29. The van der Waals surface area contributed by atoms with Crippen molar-refractivity contribution < 1.29 is 0 Å². The Labute approximate surface area is 106 Å². The third-order valence-electron chi connectivity index (χ3n) is 3.97. The molecule has 2 aromatic heterocycles. The average molecular weight is 247 g/mol. The minimum Gasteiger partial charge on any atom is -0.329 e. The van der Waals surface area contributed by atoms with Crippen LogP contribution in [0.15, 0.2) is 12.3 Å². The number of fused-ring (bicyclic) bond motifs is 1. The van der Waals surface area contributed by atoms with Crippen LogP contribution in [-0.2, 0) is 0 Å². The fraction of sp³-hybridized carbons (Fsp3) is 0.538. The Morgan fingerprint density at radius 3 is 3.00 bits per heavy atom. The summed E-state index contributed by atoms with van der Waals surface area (Å²) in [6, 6.07) is 2.54. The zero-order valence-electron chi connectivity index (χ0n) is 10.2. The third kappa shape index (κ3) is 1.62. The van der Waals surface area contributed by atoms with E-state index in [9.17, 15) is 0 Å². The van der Waals surface area contributed by atoms with E-state index in [4.69, 9.17) is 12.2 Å². The SMILES string of the molecule is Cc1ccnc2c1[nH]c(=S)n2C1CCCC1C. The molecule has 0 aromatic carbocycles. The molecule has 1 N–H and O–H groups in total. The van der Waals surface area contributed by atoms with E-state index in [0.717, 1.165) is 15.9 Å². The van der Waals surface area contributed by atoms with E-state index in [-0.39, 0.29) is 0 Å². The van der Waals surface area contributed by atoms with Gasteiger partial charge in [-0.1, -0.05) is 13.3 Å². The lowest BCUT2D eigenvalue weighted by Gasteiger charge is -2.17. The van der Waals surface area contributed by atoms with E-state index in [2.05, 4.69) is 28.4 Å². The predicted molar refractivity (Wildman–Crippen MR) is 71.7 cm³/mol. The minimum absolute atomic E-state index is 0.519. The van der Waals surface area contributed by atoms with E-state index in [1.165, 1.54) is 24.8 Å². The van der Waals surface area contributed by atoms with E-state index in [1.807, 2.05) is 12.3 Å². The lowest BCUT2D eigenvalue weighted by molar-refractivity contribution is 0.411.